The van der Waals surface area contributed by atoms with E-state index in [1.807, 2.05) is 0 Å². The number of halogens is 2. The lowest BCUT2D eigenvalue weighted by atomic mass is 9.94. The van der Waals surface area contributed by atoms with Crippen LogP contribution in [0.2, 0.25) is 5.02 Å². The maximum absolute atomic E-state index is 13.5. The second kappa shape index (κ2) is 8.36. The summed E-state index contributed by atoms with van der Waals surface area (Å²) in [5, 5.41) is 32.5. The third-order valence-corrected chi connectivity index (χ3v) is 5.39. The van der Waals surface area contributed by atoms with Gasteiger partial charge in [-0.15, -0.1) is 0 Å². The van der Waals surface area contributed by atoms with Gasteiger partial charge in [0.2, 0.25) is 0 Å². The molecule has 0 spiro atoms. The molecule has 3 aromatic carbocycles. The van der Waals surface area contributed by atoms with Crippen molar-refractivity contribution in [1.82, 2.24) is 0 Å². The highest BCUT2D eigenvalue weighted by molar-refractivity contribution is 6.51. The van der Waals surface area contributed by atoms with Crippen LogP contribution in [0.15, 0.2) is 72.3 Å². The van der Waals surface area contributed by atoms with Crippen LogP contribution >= 0.6 is 11.6 Å². The number of nitrogens with zero attached hydrogens (tertiary/aromatic N) is 2. The molecule has 4 rings (SSSR count). The lowest BCUT2D eigenvalue weighted by Gasteiger charge is -2.25. The first-order valence-corrected chi connectivity index (χ1v) is 9.86. The van der Waals surface area contributed by atoms with Crippen molar-refractivity contribution < 1.29 is 29.1 Å². The fourth-order valence-electron chi connectivity index (χ4n) is 3.66. The van der Waals surface area contributed by atoms with Gasteiger partial charge in [0.15, 0.2) is 5.75 Å². The fourth-order valence-corrected chi connectivity index (χ4v) is 3.85. The number of nitro groups is 1. The van der Waals surface area contributed by atoms with Gasteiger partial charge in [0.1, 0.15) is 11.6 Å². The molecule has 33 heavy (non-hydrogen) atoms. The van der Waals surface area contributed by atoms with E-state index in [-0.39, 0.29) is 27.4 Å². The molecule has 2 N–H and O–H groups in total. The highest BCUT2D eigenvalue weighted by Crippen LogP contribution is 2.44. The minimum atomic E-state index is -1.30. The second-order valence-electron chi connectivity index (χ2n) is 7.16. The fraction of sp³-hybridized carbons (Fsp3) is 0.0435. The molecule has 1 atom stereocenters. The Hall–Kier alpha value is -4.24. The highest BCUT2D eigenvalue weighted by atomic mass is 35.5. The highest BCUT2D eigenvalue weighted by Gasteiger charge is 2.47. The molecule has 1 heterocycles. The lowest BCUT2D eigenvalue weighted by molar-refractivity contribution is -0.385. The number of carbonyl (C=O) groups excluding carboxylic acids is 2. The van der Waals surface area contributed by atoms with E-state index in [9.17, 15) is 34.3 Å². The zero-order chi connectivity index (χ0) is 23.9. The van der Waals surface area contributed by atoms with E-state index in [4.69, 9.17) is 11.6 Å². The summed E-state index contributed by atoms with van der Waals surface area (Å²) in [7, 11) is 0. The summed E-state index contributed by atoms with van der Waals surface area (Å²) in [6, 6.07) is 12.7. The van der Waals surface area contributed by atoms with Crippen LogP contribution in [-0.2, 0) is 9.59 Å². The van der Waals surface area contributed by atoms with Crippen LogP contribution in [0.25, 0.3) is 5.76 Å². The van der Waals surface area contributed by atoms with E-state index in [1.54, 1.807) is 6.07 Å². The zero-order valence-corrected chi connectivity index (χ0v) is 17.4. The molecular formula is C23H14ClFN2O6. The molecule has 1 aliphatic rings. The molecule has 10 heteroatoms. The van der Waals surface area contributed by atoms with E-state index >= 15 is 0 Å². The molecule has 1 saturated heterocycles. The minimum Gasteiger partial charge on any atom is -0.507 e. The standard InChI is InChI=1S/C23H14ClFN2O6/c24-14-3-1-2-13(10-14)21(29)19-20(12-4-9-18(28)17(11-12)27(32)33)26(23(31)22(19)30)16-7-5-15(25)6-8-16/h1-11,20,28-29H/b21-19-. The Balaban J connectivity index is 1.99. The van der Waals surface area contributed by atoms with Gasteiger partial charge in [0.05, 0.1) is 16.5 Å². The number of aliphatic hydroxyl groups excluding tert-OH is 1. The van der Waals surface area contributed by atoms with Crippen LogP contribution in [0.4, 0.5) is 15.8 Å². The number of Topliss-reactive ketones (excluding diaryl/α,β-unsaturated/α-hetero) is 1. The number of benzene rings is 3. The third kappa shape index (κ3) is 3.90. The maximum atomic E-state index is 13.5. The van der Waals surface area contributed by atoms with Gasteiger partial charge in [0.25, 0.3) is 11.7 Å². The molecule has 166 valence electrons. The Kier molecular flexibility index (Phi) is 5.57. The molecule has 0 saturated carbocycles. The Morgan fingerprint density at radius 2 is 1.76 bits per heavy atom. The average Bonchev–Trinajstić information content (AvgIpc) is 3.04. The number of nitro benzene ring substituents is 1. The molecule has 1 aliphatic heterocycles. The Bertz CT molecular complexity index is 1340. The Morgan fingerprint density at radius 1 is 1.06 bits per heavy atom. The molecule has 1 amide bonds. The van der Waals surface area contributed by atoms with Gasteiger partial charge in [-0.3, -0.25) is 24.6 Å². The van der Waals surface area contributed by atoms with Crippen LogP contribution in [0.5, 0.6) is 5.75 Å². The number of phenolic OH excluding ortho intramolecular Hbond substituents is 1. The van der Waals surface area contributed by atoms with Crippen LogP contribution in [0, 0.1) is 15.9 Å². The number of aliphatic hydroxyl groups is 1. The van der Waals surface area contributed by atoms with Crippen LogP contribution in [0.1, 0.15) is 17.2 Å². The SMILES string of the molecule is O=C1C(=O)N(c2ccc(F)cc2)C(c2ccc(O)c([N+](=O)[O-])c2)/C1=C(/O)c1cccc(Cl)c1. The van der Waals surface area contributed by atoms with Gasteiger partial charge in [-0.2, -0.15) is 0 Å². The molecule has 0 aliphatic carbocycles. The number of hydrogen-bond acceptors (Lipinski definition) is 6. The summed E-state index contributed by atoms with van der Waals surface area (Å²) in [6.45, 7) is 0. The maximum Gasteiger partial charge on any atom is 0.311 e. The second-order valence-corrected chi connectivity index (χ2v) is 7.60. The normalized spacial score (nSPS) is 17.4. The lowest BCUT2D eigenvalue weighted by Crippen LogP contribution is -2.29. The van der Waals surface area contributed by atoms with Crippen molar-refractivity contribution in [3.63, 3.8) is 0 Å². The largest absolute Gasteiger partial charge is 0.507 e. The van der Waals surface area contributed by atoms with Crippen LogP contribution < -0.4 is 4.90 Å². The van der Waals surface area contributed by atoms with Crippen molar-refractivity contribution in [3.8, 4) is 5.75 Å². The molecule has 1 unspecified atom stereocenters. The number of amides is 1. The molecule has 1 fully saturated rings. The summed E-state index contributed by atoms with van der Waals surface area (Å²) < 4.78 is 13.5. The number of anilines is 1. The van der Waals surface area contributed by atoms with E-state index in [0.717, 1.165) is 29.2 Å². The zero-order valence-electron chi connectivity index (χ0n) is 16.6. The van der Waals surface area contributed by atoms with Gasteiger partial charge in [-0.25, -0.2) is 4.39 Å². The summed E-state index contributed by atoms with van der Waals surface area (Å²) >= 11 is 5.99. The molecule has 0 aromatic heterocycles. The molecule has 3 aromatic rings. The smallest absolute Gasteiger partial charge is 0.311 e. The van der Waals surface area contributed by atoms with E-state index in [2.05, 4.69) is 0 Å². The molecule has 8 nitrogen and oxygen atoms in total. The number of carbonyl (C=O) groups is 2. The quantitative estimate of drug-likeness (QED) is 0.188. The Morgan fingerprint density at radius 3 is 2.39 bits per heavy atom. The van der Waals surface area contributed by atoms with E-state index < -0.39 is 45.7 Å². The first-order valence-electron chi connectivity index (χ1n) is 9.49. The van der Waals surface area contributed by atoms with Gasteiger partial charge >= 0.3 is 5.69 Å². The van der Waals surface area contributed by atoms with Crippen LogP contribution in [-0.4, -0.2) is 26.8 Å². The number of ketones is 1. The van der Waals surface area contributed by atoms with Crippen molar-refractivity contribution in [3.05, 3.63) is 104 Å². The molecule has 0 radical (unpaired) electrons. The monoisotopic (exact) mass is 468 g/mol. The summed E-state index contributed by atoms with van der Waals surface area (Å²) in [5.41, 5.74) is -0.639. The van der Waals surface area contributed by atoms with Gasteiger partial charge in [-0.05, 0) is 48.0 Å². The van der Waals surface area contributed by atoms with Gasteiger partial charge in [-0.1, -0.05) is 29.8 Å². The predicted octanol–water partition coefficient (Wildman–Crippen LogP) is 4.72. The van der Waals surface area contributed by atoms with Crippen molar-refractivity contribution >= 4 is 40.4 Å². The van der Waals surface area contributed by atoms with E-state index in [0.29, 0.717) is 0 Å². The average molecular weight is 469 g/mol. The Labute approximate surface area is 190 Å². The molecule has 0 bridgehead atoms. The van der Waals surface area contributed by atoms with Crippen molar-refractivity contribution in [2.75, 3.05) is 4.90 Å². The van der Waals surface area contributed by atoms with Gasteiger partial charge in [0, 0.05) is 22.3 Å². The first kappa shape index (κ1) is 22.0. The number of aromatic hydroxyl groups is 1. The number of hydrogen-bond donors (Lipinski definition) is 2. The number of phenols is 1. The van der Waals surface area contributed by atoms with Crippen LogP contribution in [0.3, 0.4) is 0 Å². The predicted molar refractivity (Wildman–Crippen MR) is 117 cm³/mol. The van der Waals surface area contributed by atoms with Crippen molar-refractivity contribution in [2.24, 2.45) is 0 Å². The topological polar surface area (TPSA) is 121 Å². The number of rotatable bonds is 4. The van der Waals surface area contributed by atoms with Gasteiger partial charge < -0.3 is 10.2 Å². The summed E-state index contributed by atoms with van der Waals surface area (Å²) in [4.78, 5) is 37.6. The van der Waals surface area contributed by atoms with E-state index in [1.165, 1.54) is 36.4 Å². The third-order valence-electron chi connectivity index (χ3n) is 5.16. The van der Waals surface area contributed by atoms with Crippen molar-refractivity contribution in [1.29, 1.82) is 0 Å². The molecular weight excluding hydrogens is 455 g/mol. The summed E-state index contributed by atoms with van der Waals surface area (Å²) in [6.07, 6.45) is 0. The first-order chi connectivity index (χ1) is 15.7. The minimum absolute atomic E-state index is 0.0756. The van der Waals surface area contributed by atoms with Crippen molar-refractivity contribution in [2.45, 2.75) is 6.04 Å². The summed E-state index contributed by atoms with van der Waals surface area (Å²) in [5.74, 6) is -3.80.